The highest BCUT2D eigenvalue weighted by atomic mass is 32.1. The van der Waals surface area contributed by atoms with Gasteiger partial charge in [-0.1, -0.05) is 74.3 Å². The molecule has 4 aromatic rings. The average Bonchev–Trinajstić information content (AvgIpc) is 3.61. The molecule has 5 rings (SSSR count). The van der Waals surface area contributed by atoms with Gasteiger partial charge in [0.2, 0.25) is 5.13 Å². The first-order valence-corrected chi connectivity index (χ1v) is 15.1. The molecule has 0 amide bonds. The molecule has 3 heterocycles. The van der Waals surface area contributed by atoms with E-state index in [2.05, 4.69) is 74.5 Å². The number of unbranched alkanes of at least 4 members (excludes halogenated alkanes) is 4. The average molecular weight is 531 g/mol. The maximum Gasteiger partial charge on any atom is 0.231 e. The van der Waals surface area contributed by atoms with Gasteiger partial charge in [0, 0.05) is 18.8 Å². The van der Waals surface area contributed by atoms with Gasteiger partial charge >= 0.3 is 0 Å². The van der Waals surface area contributed by atoms with E-state index < -0.39 is 0 Å². The molecule has 0 spiro atoms. The Morgan fingerprint density at radius 1 is 0.811 bits per heavy atom. The molecule has 1 aliphatic heterocycles. The van der Waals surface area contributed by atoms with Gasteiger partial charge in [0.05, 0.1) is 16.1 Å². The van der Waals surface area contributed by atoms with Gasteiger partial charge in [-0.2, -0.15) is 0 Å². The molecule has 0 fully saturated rings. The van der Waals surface area contributed by atoms with Gasteiger partial charge in [0.25, 0.3) is 0 Å². The zero-order chi connectivity index (χ0) is 25.5. The fraction of sp³-hybridized carbons (Fsp3) is 0.414. The monoisotopic (exact) mass is 530 g/mol. The Bertz CT molecular complexity index is 1340. The normalized spacial score (nSPS) is 13.5. The first-order chi connectivity index (χ1) is 18.2. The van der Waals surface area contributed by atoms with Crippen LogP contribution in [0.5, 0.6) is 0 Å². The third-order valence-corrected chi connectivity index (χ3v) is 8.60. The van der Waals surface area contributed by atoms with E-state index >= 15 is 0 Å². The summed E-state index contributed by atoms with van der Waals surface area (Å²) in [5.41, 5.74) is 5.84. The Kier molecular flexibility index (Phi) is 8.68. The predicted molar refractivity (Wildman–Crippen MR) is 157 cm³/mol. The minimum absolute atomic E-state index is 0.672. The Labute approximate surface area is 227 Å². The number of rotatable bonds is 12. The third-order valence-electron chi connectivity index (χ3n) is 6.67. The predicted octanol–water partition coefficient (Wildman–Crippen LogP) is 10.5. The number of aromatic nitrogens is 1. The molecule has 8 heteroatoms. The number of anilines is 1. The number of aryl methyl sites for hydroxylation is 1. The molecule has 0 unspecified atom stereocenters. The lowest BCUT2D eigenvalue weighted by molar-refractivity contribution is 0.651. The van der Waals surface area contributed by atoms with Crippen LogP contribution in [0.3, 0.4) is 0 Å². The number of thiazole rings is 1. The van der Waals surface area contributed by atoms with Crippen molar-refractivity contribution in [3.63, 3.8) is 0 Å². The lowest BCUT2D eigenvalue weighted by Gasteiger charge is -2.19. The number of nitrogens with zero attached hydrogens (tertiary/aromatic N) is 6. The van der Waals surface area contributed by atoms with E-state index in [1.54, 1.807) is 0 Å². The summed E-state index contributed by atoms with van der Waals surface area (Å²) in [7, 11) is 0. The second-order valence-electron chi connectivity index (χ2n) is 9.53. The van der Waals surface area contributed by atoms with Crippen LogP contribution in [0, 0.1) is 0 Å². The summed E-state index contributed by atoms with van der Waals surface area (Å²) < 4.78 is 1.07. The molecular weight excluding hydrogens is 496 g/mol. The van der Waals surface area contributed by atoms with Gasteiger partial charge in [-0.3, -0.25) is 0 Å². The highest BCUT2D eigenvalue weighted by molar-refractivity contribution is 7.30. The molecule has 6 nitrogen and oxygen atoms in total. The standard InChI is InChI=1S/C29H34N6S2/c1-3-5-7-8-17-35-18-16-22-19-24(14-15-25(22)35)32-34-29-30-28-26(36-29)20-27(37-28)33-31-23-12-10-21(11-13-23)9-6-4-2/h10-15,19-20H,3-9,16-18H2,1-2H3. The molecule has 2 aromatic carbocycles. The molecule has 0 bridgehead atoms. The fourth-order valence-electron chi connectivity index (χ4n) is 4.60. The van der Waals surface area contributed by atoms with E-state index in [9.17, 15) is 0 Å². The quantitative estimate of drug-likeness (QED) is 0.135. The molecule has 0 radical (unpaired) electrons. The molecule has 37 heavy (non-hydrogen) atoms. The molecule has 0 aliphatic carbocycles. The van der Waals surface area contributed by atoms with Crippen LogP contribution in [-0.4, -0.2) is 18.1 Å². The topological polar surface area (TPSA) is 65.6 Å². The van der Waals surface area contributed by atoms with Gasteiger partial charge in [-0.05, 0) is 73.2 Å². The smallest absolute Gasteiger partial charge is 0.231 e. The van der Waals surface area contributed by atoms with Crippen LogP contribution < -0.4 is 4.90 Å². The van der Waals surface area contributed by atoms with Gasteiger partial charge in [-0.15, -0.1) is 20.5 Å². The number of hydrogen-bond acceptors (Lipinski definition) is 8. The van der Waals surface area contributed by atoms with Crippen molar-refractivity contribution in [3.05, 3.63) is 59.7 Å². The van der Waals surface area contributed by atoms with Crippen molar-refractivity contribution in [2.45, 2.75) is 65.2 Å². The number of fused-ring (bicyclic) bond motifs is 2. The maximum absolute atomic E-state index is 4.64. The molecular formula is C29H34N6S2. The van der Waals surface area contributed by atoms with Gasteiger partial charge < -0.3 is 4.90 Å². The first kappa shape index (κ1) is 25.7. The van der Waals surface area contributed by atoms with Crippen molar-refractivity contribution < 1.29 is 0 Å². The lowest BCUT2D eigenvalue weighted by atomic mass is 10.1. The Morgan fingerprint density at radius 3 is 2.43 bits per heavy atom. The zero-order valence-corrected chi connectivity index (χ0v) is 23.3. The van der Waals surface area contributed by atoms with E-state index in [1.165, 1.54) is 78.0 Å². The van der Waals surface area contributed by atoms with Gasteiger partial charge in [-0.25, -0.2) is 4.98 Å². The summed E-state index contributed by atoms with van der Waals surface area (Å²) in [5.74, 6) is 0. The van der Waals surface area contributed by atoms with Crippen LogP contribution in [0.25, 0.3) is 9.53 Å². The van der Waals surface area contributed by atoms with Crippen molar-refractivity contribution in [1.82, 2.24) is 4.98 Å². The van der Waals surface area contributed by atoms with E-state index in [-0.39, 0.29) is 0 Å². The second kappa shape index (κ2) is 12.5. The van der Waals surface area contributed by atoms with E-state index in [0.717, 1.165) is 51.8 Å². The van der Waals surface area contributed by atoms with Gasteiger partial charge in [0.1, 0.15) is 9.83 Å². The summed E-state index contributed by atoms with van der Waals surface area (Å²) in [4.78, 5) is 8.08. The molecule has 1 aliphatic rings. The summed E-state index contributed by atoms with van der Waals surface area (Å²) >= 11 is 3.07. The van der Waals surface area contributed by atoms with E-state index in [0.29, 0.717) is 5.13 Å². The molecule has 2 aromatic heterocycles. The van der Waals surface area contributed by atoms with Crippen LogP contribution >= 0.6 is 22.7 Å². The first-order valence-electron chi connectivity index (χ1n) is 13.4. The van der Waals surface area contributed by atoms with Crippen LogP contribution in [-0.2, 0) is 12.8 Å². The molecule has 0 atom stereocenters. The maximum atomic E-state index is 4.64. The molecule has 0 saturated carbocycles. The zero-order valence-electron chi connectivity index (χ0n) is 21.7. The summed E-state index contributed by atoms with van der Waals surface area (Å²) in [6, 6.07) is 16.8. The summed E-state index contributed by atoms with van der Waals surface area (Å²) in [6.45, 7) is 6.73. The lowest BCUT2D eigenvalue weighted by Crippen LogP contribution is -2.21. The van der Waals surface area contributed by atoms with Crippen molar-refractivity contribution in [3.8, 4) is 0 Å². The molecule has 192 valence electrons. The fourth-order valence-corrected chi connectivity index (χ4v) is 6.45. The molecule has 0 N–H and O–H groups in total. The highest BCUT2D eigenvalue weighted by Gasteiger charge is 2.18. The highest BCUT2D eigenvalue weighted by Crippen LogP contribution is 2.39. The summed E-state index contributed by atoms with van der Waals surface area (Å²) in [5, 5.41) is 19.2. The second-order valence-corrected chi connectivity index (χ2v) is 11.5. The Balaban J connectivity index is 1.19. The number of azo groups is 2. The van der Waals surface area contributed by atoms with Crippen molar-refractivity contribution in [2.75, 3.05) is 18.0 Å². The third kappa shape index (κ3) is 6.67. The van der Waals surface area contributed by atoms with E-state index in [1.807, 2.05) is 18.2 Å². The SMILES string of the molecule is CCCCCCN1CCc2cc(N=Nc3nc4sc(N=Nc5ccc(CCCC)cc5)cc4s3)ccc21. The van der Waals surface area contributed by atoms with Gasteiger partial charge in [0.15, 0.2) is 0 Å². The number of hydrogen-bond donors (Lipinski definition) is 0. The van der Waals surface area contributed by atoms with E-state index in [4.69, 9.17) is 0 Å². The van der Waals surface area contributed by atoms with Crippen molar-refractivity contribution in [2.24, 2.45) is 20.5 Å². The van der Waals surface area contributed by atoms with Crippen LogP contribution in [0.1, 0.15) is 63.5 Å². The Hall–Kier alpha value is -2.97. The molecule has 0 saturated heterocycles. The summed E-state index contributed by atoms with van der Waals surface area (Å²) in [6.07, 6.45) is 9.82. The van der Waals surface area contributed by atoms with Crippen molar-refractivity contribution in [1.29, 1.82) is 0 Å². The number of thiophene rings is 1. The minimum atomic E-state index is 0.672. The van der Waals surface area contributed by atoms with Crippen molar-refractivity contribution >= 4 is 59.4 Å². The largest absolute Gasteiger partial charge is 0.371 e. The number of benzene rings is 2. The van der Waals surface area contributed by atoms with Crippen LogP contribution in [0.15, 0.2) is 69.0 Å². The van der Waals surface area contributed by atoms with Crippen LogP contribution in [0.2, 0.25) is 0 Å². The Morgan fingerprint density at radius 2 is 1.62 bits per heavy atom. The minimum Gasteiger partial charge on any atom is -0.371 e. The van der Waals surface area contributed by atoms with Crippen LogP contribution in [0.4, 0.5) is 27.2 Å².